The van der Waals surface area contributed by atoms with Crippen LogP contribution in [-0.4, -0.2) is 11.0 Å². The predicted octanol–water partition coefficient (Wildman–Crippen LogP) is 3.17. The van der Waals surface area contributed by atoms with Gasteiger partial charge in [-0.05, 0) is 24.8 Å². The lowest BCUT2D eigenvalue weighted by Crippen LogP contribution is -2.19. The summed E-state index contributed by atoms with van der Waals surface area (Å²) in [5.74, 6) is 0.832. The molecule has 1 fully saturated rings. The van der Waals surface area contributed by atoms with Crippen LogP contribution in [0, 0.1) is 16.0 Å². The Kier molecular flexibility index (Phi) is 3.69. The molecule has 98 valence electrons. The topological polar surface area (TPSA) is 81.2 Å². The monoisotopic (exact) mass is 249 g/mol. The first kappa shape index (κ1) is 12.7. The zero-order valence-corrected chi connectivity index (χ0v) is 10.6. The van der Waals surface area contributed by atoms with Crippen molar-refractivity contribution in [3.05, 3.63) is 28.3 Å². The number of nitro benzene ring substituents is 1. The Bertz CT molecular complexity index is 444. The van der Waals surface area contributed by atoms with Crippen molar-refractivity contribution < 1.29 is 4.92 Å². The number of non-ortho nitro benzene ring substituents is 1. The number of nitrogens with one attached hydrogen (secondary N) is 1. The lowest BCUT2D eigenvalue weighted by Gasteiger charge is -2.18. The summed E-state index contributed by atoms with van der Waals surface area (Å²) >= 11 is 0. The third-order valence-electron chi connectivity index (χ3n) is 3.33. The van der Waals surface area contributed by atoms with Crippen LogP contribution < -0.4 is 11.1 Å². The molecule has 1 atom stereocenters. The Hall–Kier alpha value is -1.78. The molecule has 5 nitrogen and oxygen atoms in total. The van der Waals surface area contributed by atoms with Gasteiger partial charge in [0.25, 0.3) is 5.69 Å². The van der Waals surface area contributed by atoms with Crippen molar-refractivity contribution in [2.75, 3.05) is 11.1 Å². The van der Waals surface area contributed by atoms with Crippen molar-refractivity contribution in [1.82, 2.24) is 0 Å². The first-order chi connectivity index (χ1) is 8.58. The van der Waals surface area contributed by atoms with Crippen LogP contribution >= 0.6 is 0 Å². The maximum absolute atomic E-state index is 10.8. The Morgan fingerprint density at radius 1 is 1.50 bits per heavy atom. The molecule has 1 aliphatic carbocycles. The van der Waals surface area contributed by atoms with E-state index in [1.165, 1.54) is 18.9 Å². The standard InChI is InChI=1S/C13H19N3O2/c1-2-11(5-9-3-4-9)15-12-6-10(14)7-13(8-12)16(17)18/h6-9,11,15H,2-5,14H2,1H3. The molecule has 1 aromatic rings. The zero-order chi connectivity index (χ0) is 13.1. The second-order valence-electron chi connectivity index (χ2n) is 5.00. The summed E-state index contributed by atoms with van der Waals surface area (Å²) in [6.07, 6.45) is 4.78. The van der Waals surface area contributed by atoms with Crippen LogP contribution in [0.25, 0.3) is 0 Å². The van der Waals surface area contributed by atoms with Gasteiger partial charge in [-0.2, -0.15) is 0 Å². The molecule has 0 radical (unpaired) electrons. The SMILES string of the molecule is CCC(CC1CC1)Nc1cc(N)cc([N+](=O)[O-])c1. The first-order valence-electron chi connectivity index (χ1n) is 6.40. The number of nitrogen functional groups attached to an aromatic ring is 1. The average molecular weight is 249 g/mol. The van der Waals surface area contributed by atoms with Crippen LogP contribution in [0.2, 0.25) is 0 Å². The molecule has 3 N–H and O–H groups in total. The highest BCUT2D eigenvalue weighted by Gasteiger charge is 2.24. The summed E-state index contributed by atoms with van der Waals surface area (Å²) in [5.41, 5.74) is 6.89. The van der Waals surface area contributed by atoms with Crippen LogP contribution in [0.3, 0.4) is 0 Å². The van der Waals surface area contributed by atoms with Gasteiger partial charge in [-0.3, -0.25) is 10.1 Å². The summed E-state index contributed by atoms with van der Waals surface area (Å²) in [6.45, 7) is 2.13. The number of anilines is 2. The Labute approximate surface area is 107 Å². The molecule has 1 unspecified atom stereocenters. The highest BCUT2D eigenvalue weighted by Crippen LogP contribution is 2.35. The van der Waals surface area contributed by atoms with E-state index in [1.54, 1.807) is 12.1 Å². The number of rotatable bonds is 6. The minimum Gasteiger partial charge on any atom is -0.398 e. The van der Waals surface area contributed by atoms with Crippen molar-refractivity contribution in [3.63, 3.8) is 0 Å². The zero-order valence-electron chi connectivity index (χ0n) is 10.6. The fourth-order valence-corrected chi connectivity index (χ4v) is 2.14. The van der Waals surface area contributed by atoms with Gasteiger partial charge in [0.05, 0.1) is 4.92 Å². The molecule has 1 saturated carbocycles. The van der Waals surface area contributed by atoms with Gasteiger partial charge < -0.3 is 11.1 Å². The van der Waals surface area contributed by atoms with E-state index in [-0.39, 0.29) is 5.69 Å². The number of nitro groups is 1. The van der Waals surface area contributed by atoms with Crippen molar-refractivity contribution in [2.24, 2.45) is 5.92 Å². The van der Waals surface area contributed by atoms with E-state index >= 15 is 0 Å². The van der Waals surface area contributed by atoms with Gasteiger partial charge in [-0.15, -0.1) is 0 Å². The van der Waals surface area contributed by atoms with Gasteiger partial charge >= 0.3 is 0 Å². The average Bonchev–Trinajstić information content (AvgIpc) is 3.11. The van der Waals surface area contributed by atoms with Gasteiger partial charge in [0, 0.05) is 29.5 Å². The largest absolute Gasteiger partial charge is 0.398 e. The molecule has 2 rings (SSSR count). The van der Waals surface area contributed by atoms with E-state index in [1.807, 2.05) is 0 Å². The molecular formula is C13H19N3O2. The van der Waals surface area contributed by atoms with E-state index in [2.05, 4.69) is 12.2 Å². The minimum absolute atomic E-state index is 0.0405. The van der Waals surface area contributed by atoms with Crippen LogP contribution in [-0.2, 0) is 0 Å². The minimum atomic E-state index is -0.413. The van der Waals surface area contributed by atoms with Crippen molar-refractivity contribution in [2.45, 2.75) is 38.6 Å². The molecule has 0 aliphatic heterocycles. The molecule has 5 heteroatoms. The van der Waals surface area contributed by atoms with Crippen molar-refractivity contribution >= 4 is 17.1 Å². The van der Waals surface area contributed by atoms with Crippen LogP contribution in [0.4, 0.5) is 17.1 Å². The predicted molar refractivity (Wildman–Crippen MR) is 72.6 cm³/mol. The molecule has 1 aromatic carbocycles. The molecule has 0 bridgehead atoms. The molecule has 0 spiro atoms. The number of benzene rings is 1. The van der Waals surface area contributed by atoms with Gasteiger partial charge in [0.15, 0.2) is 0 Å². The molecular weight excluding hydrogens is 230 g/mol. The maximum atomic E-state index is 10.8. The molecule has 0 aromatic heterocycles. The summed E-state index contributed by atoms with van der Waals surface area (Å²) in [5, 5.41) is 14.1. The highest BCUT2D eigenvalue weighted by atomic mass is 16.6. The second-order valence-corrected chi connectivity index (χ2v) is 5.00. The van der Waals surface area contributed by atoms with Crippen LogP contribution in [0.1, 0.15) is 32.6 Å². The summed E-state index contributed by atoms with van der Waals surface area (Å²) in [6, 6.07) is 5.06. The Morgan fingerprint density at radius 3 is 2.78 bits per heavy atom. The second kappa shape index (κ2) is 5.25. The summed E-state index contributed by atoms with van der Waals surface area (Å²) < 4.78 is 0. The van der Waals surface area contributed by atoms with Gasteiger partial charge in [0.1, 0.15) is 0 Å². The Balaban J connectivity index is 2.08. The van der Waals surface area contributed by atoms with Crippen LogP contribution in [0.5, 0.6) is 0 Å². The van der Waals surface area contributed by atoms with E-state index in [0.29, 0.717) is 11.7 Å². The molecule has 0 amide bonds. The number of nitrogens with zero attached hydrogens (tertiary/aromatic N) is 1. The molecule has 0 heterocycles. The number of hydrogen-bond acceptors (Lipinski definition) is 4. The number of nitrogens with two attached hydrogens (primary N) is 1. The van der Waals surface area contributed by atoms with Crippen molar-refractivity contribution in [3.8, 4) is 0 Å². The van der Waals surface area contributed by atoms with E-state index in [9.17, 15) is 10.1 Å². The smallest absolute Gasteiger partial charge is 0.273 e. The molecule has 18 heavy (non-hydrogen) atoms. The first-order valence-corrected chi connectivity index (χ1v) is 6.40. The fraction of sp³-hybridized carbons (Fsp3) is 0.538. The lowest BCUT2D eigenvalue weighted by atomic mass is 10.1. The van der Waals surface area contributed by atoms with Crippen LogP contribution in [0.15, 0.2) is 18.2 Å². The Morgan fingerprint density at radius 2 is 2.22 bits per heavy atom. The van der Waals surface area contributed by atoms with E-state index < -0.39 is 4.92 Å². The molecule has 0 saturated heterocycles. The third-order valence-corrected chi connectivity index (χ3v) is 3.33. The van der Waals surface area contributed by atoms with Gasteiger partial charge in [-0.1, -0.05) is 19.8 Å². The number of hydrogen-bond donors (Lipinski definition) is 2. The normalized spacial score (nSPS) is 16.3. The van der Waals surface area contributed by atoms with Gasteiger partial charge in [-0.25, -0.2) is 0 Å². The summed E-state index contributed by atoms with van der Waals surface area (Å²) in [4.78, 5) is 10.4. The highest BCUT2D eigenvalue weighted by molar-refractivity contribution is 5.61. The maximum Gasteiger partial charge on any atom is 0.273 e. The third kappa shape index (κ3) is 3.35. The van der Waals surface area contributed by atoms with Crippen molar-refractivity contribution in [1.29, 1.82) is 0 Å². The van der Waals surface area contributed by atoms with E-state index in [0.717, 1.165) is 24.4 Å². The fourth-order valence-electron chi connectivity index (χ4n) is 2.14. The van der Waals surface area contributed by atoms with Gasteiger partial charge in [0.2, 0.25) is 0 Å². The summed E-state index contributed by atoms with van der Waals surface area (Å²) in [7, 11) is 0. The van der Waals surface area contributed by atoms with E-state index in [4.69, 9.17) is 5.73 Å². The quantitative estimate of drug-likeness (QED) is 0.461. The lowest BCUT2D eigenvalue weighted by molar-refractivity contribution is -0.384. The molecule has 1 aliphatic rings.